The minimum Gasteiger partial charge on any atom is -0.457 e. The van der Waals surface area contributed by atoms with E-state index in [1.54, 1.807) is 10.7 Å². The number of urea groups is 1. The number of aryl methyl sites for hydroxylation is 1. The minimum absolute atomic E-state index is 0.0155. The lowest BCUT2D eigenvalue weighted by Gasteiger charge is -2.12. The maximum absolute atomic E-state index is 14.9. The Morgan fingerprint density at radius 1 is 1.00 bits per heavy atom. The zero-order chi connectivity index (χ0) is 27.4. The first-order valence-electron chi connectivity index (χ1n) is 12.8. The number of benzene rings is 2. The van der Waals surface area contributed by atoms with Gasteiger partial charge in [-0.25, -0.2) is 13.9 Å². The van der Waals surface area contributed by atoms with E-state index in [2.05, 4.69) is 20.9 Å². The van der Waals surface area contributed by atoms with E-state index < -0.39 is 11.8 Å². The molecule has 3 amide bonds. The van der Waals surface area contributed by atoms with Gasteiger partial charge in [-0.2, -0.15) is 5.10 Å². The molecule has 0 aliphatic heterocycles. The van der Waals surface area contributed by atoms with E-state index in [1.165, 1.54) is 44.3 Å². The monoisotopic (exact) mass is 528 g/mol. The first-order valence-corrected chi connectivity index (χ1v) is 12.8. The van der Waals surface area contributed by atoms with Crippen molar-refractivity contribution in [3.8, 4) is 17.2 Å². The van der Waals surface area contributed by atoms with Gasteiger partial charge >= 0.3 is 6.03 Å². The summed E-state index contributed by atoms with van der Waals surface area (Å²) >= 11 is 0. The summed E-state index contributed by atoms with van der Waals surface area (Å²) < 4.78 is 22.3. The number of hydrogen-bond donors (Lipinski definition) is 3. The molecule has 0 radical (unpaired) electrons. The van der Waals surface area contributed by atoms with Gasteiger partial charge in [-0.1, -0.05) is 25.0 Å². The van der Waals surface area contributed by atoms with Crippen LogP contribution in [0, 0.1) is 12.7 Å². The molecule has 10 heteroatoms. The van der Waals surface area contributed by atoms with E-state index >= 15 is 0 Å². The third-order valence-electron chi connectivity index (χ3n) is 6.61. The number of carbonyl (C=O) groups excluding carboxylic acids is 2. The molecule has 5 rings (SSSR count). The number of nitrogens with zero attached hydrogens (tertiary/aromatic N) is 3. The average molecular weight is 529 g/mol. The lowest BCUT2D eigenvalue weighted by Crippen LogP contribution is -2.22. The van der Waals surface area contributed by atoms with Crippen molar-refractivity contribution in [3.05, 3.63) is 89.6 Å². The smallest absolute Gasteiger partial charge is 0.324 e. The Morgan fingerprint density at radius 3 is 2.54 bits per heavy atom. The minimum atomic E-state index is -0.679. The summed E-state index contributed by atoms with van der Waals surface area (Å²) in [5.41, 5.74) is 3.00. The van der Waals surface area contributed by atoms with Gasteiger partial charge in [0.2, 0.25) is 0 Å². The maximum Gasteiger partial charge on any atom is 0.324 e. The molecule has 2 aromatic heterocycles. The van der Waals surface area contributed by atoms with Crippen LogP contribution < -0.4 is 20.7 Å². The topological polar surface area (TPSA) is 110 Å². The molecular weight excluding hydrogens is 499 g/mol. The third-order valence-corrected chi connectivity index (χ3v) is 6.61. The fourth-order valence-electron chi connectivity index (χ4n) is 4.66. The van der Waals surface area contributed by atoms with Crippen LogP contribution in [0.25, 0.3) is 5.69 Å². The van der Waals surface area contributed by atoms with Crippen LogP contribution in [0.5, 0.6) is 11.5 Å². The Kier molecular flexibility index (Phi) is 7.53. The lowest BCUT2D eigenvalue weighted by atomic mass is 10.0. The third kappa shape index (κ3) is 6.06. The number of aromatic nitrogens is 3. The van der Waals surface area contributed by atoms with Crippen LogP contribution in [0.1, 0.15) is 53.3 Å². The predicted octanol–water partition coefficient (Wildman–Crippen LogP) is 6.17. The second-order valence-corrected chi connectivity index (χ2v) is 9.47. The number of nitrogens with one attached hydrogen (secondary N) is 3. The highest BCUT2D eigenvalue weighted by Gasteiger charge is 2.23. The fourth-order valence-corrected chi connectivity index (χ4v) is 4.66. The van der Waals surface area contributed by atoms with Crippen molar-refractivity contribution < 1.29 is 18.7 Å². The summed E-state index contributed by atoms with van der Waals surface area (Å²) in [7, 11) is 1.50. The summed E-state index contributed by atoms with van der Waals surface area (Å²) in [5.74, 6) is 0.344. The Labute approximate surface area is 225 Å². The zero-order valence-corrected chi connectivity index (χ0v) is 21.7. The number of rotatable bonds is 7. The van der Waals surface area contributed by atoms with E-state index in [-0.39, 0.29) is 23.0 Å². The number of anilines is 2. The molecule has 1 fully saturated rings. The Balaban J connectivity index is 1.31. The molecule has 2 aromatic carbocycles. The average Bonchev–Trinajstić information content (AvgIpc) is 3.60. The molecule has 1 aliphatic carbocycles. The molecule has 0 spiro atoms. The van der Waals surface area contributed by atoms with Gasteiger partial charge in [0, 0.05) is 37.4 Å². The molecular formula is C29H29FN6O3. The molecule has 200 valence electrons. The number of halogens is 1. The molecule has 0 unspecified atom stereocenters. The van der Waals surface area contributed by atoms with E-state index in [0.717, 1.165) is 35.9 Å². The van der Waals surface area contributed by atoms with E-state index in [1.807, 2.05) is 37.3 Å². The SMILES string of the molecule is CNC(=O)c1cc(Oc2ccc(NC(=O)Nc3cc(C4CCCC4)nn3-c3cccc(C)c3)c(F)c2)ccn1. The van der Waals surface area contributed by atoms with Crippen molar-refractivity contribution in [1.82, 2.24) is 20.1 Å². The van der Waals surface area contributed by atoms with Gasteiger partial charge in [-0.15, -0.1) is 0 Å². The summed E-state index contributed by atoms with van der Waals surface area (Å²) in [6.45, 7) is 2.00. The van der Waals surface area contributed by atoms with Gasteiger partial charge in [0.1, 0.15) is 28.8 Å². The molecule has 0 bridgehead atoms. The number of ether oxygens (including phenoxy) is 1. The highest BCUT2D eigenvalue weighted by Crippen LogP contribution is 2.35. The van der Waals surface area contributed by atoms with Crippen molar-refractivity contribution in [2.75, 3.05) is 17.7 Å². The van der Waals surface area contributed by atoms with Crippen LogP contribution in [0.4, 0.5) is 20.7 Å². The highest BCUT2D eigenvalue weighted by atomic mass is 19.1. The van der Waals surface area contributed by atoms with Crippen LogP contribution in [-0.2, 0) is 0 Å². The summed E-state index contributed by atoms with van der Waals surface area (Å²) in [6.07, 6.45) is 5.91. The second-order valence-electron chi connectivity index (χ2n) is 9.47. The number of hydrogen-bond acceptors (Lipinski definition) is 5. The standard InChI is InChI=1S/C29H29FN6O3/c1-18-6-5-9-20(14-18)36-27(17-25(35-36)19-7-3-4-8-19)34-29(38)33-24-11-10-21(15-23(24)30)39-22-12-13-32-26(16-22)28(37)31-2/h5-6,9-17,19H,3-4,7-8H2,1-2H3,(H,31,37)(H2,33,34,38). The Hall–Kier alpha value is -4.73. The van der Waals surface area contributed by atoms with Crippen LogP contribution in [-0.4, -0.2) is 33.8 Å². The van der Waals surface area contributed by atoms with Crippen LogP contribution in [0.15, 0.2) is 66.9 Å². The molecule has 1 aliphatic rings. The van der Waals surface area contributed by atoms with Gasteiger partial charge in [-0.05, 0) is 55.7 Å². The summed E-state index contributed by atoms with van der Waals surface area (Å²) in [5, 5.41) is 12.7. The first kappa shape index (κ1) is 25.9. The van der Waals surface area contributed by atoms with Gasteiger partial charge in [0.15, 0.2) is 0 Å². The van der Waals surface area contributed by atoms with Crippen LogP contribution in [0.3, 0.4) is 0 Å². The molecule has 1 saturated carbocycles. The molecule has 4 aromatic rings. The van der Waals surface area contributed by atoms with E-state index in [9.17, 15) is 14.0 Å². The zero-order valence-electron chi connectivity index (χ0n) is 21.7. The van der Waals surface area contributed by atoms with Crippen molar-refractivity contribution in [1.29, 1.82) is 0 Å². The van der Waals surface area contributed by atoms with Crippen molar-refractivity contribution >= 4 is 23.4 Å². The number of amides is 3. The van der Waals surface area contributed by atoms with Gasteiger partial charge < -0.3 is 15.4 Å². The quantitative estimate of drug-likeness (QED) is 0.266. The van der Waals surface area contributed by atoms with E-state index in [0.29, 0.717) is 17.5 Å². The molecule has 9 nitrogen and oxygen atoms in total. The summed E-state index contributed by atoms with van der Waals surface area (Å²) in [6, 6.07) is 16.3. The second kappa shape index (κ2) is 11.3. The van der Waals surface area contributed by atoms with Crippen LogP contribution in [0.2, 0.25) is 0 Å². The lowest BCUT2D eigenvalue weighted by molar-refractivity contribution is 0.0957. The van der Waals surface area contributed by atoms with Crippen molar-refractivity contribution in [2.45, 2.75) is 38.5 Å². The maximum atomic E-state index is 14.9. The molecule has 0 atom stereocenters. The van der Waals surface area contributed by atoms with Gasteiger partial charge in [0.25, 0.3) is 5.91 Å². The molecule has 0 saturated heterocycles. The van der Waals surface area contributed by atoms with Crippen molar-refractivity contribution in [2.24, 2.45) is 0 Å². The van der Waals surface area contributed by atoms with E-state index in [4.69, 9.17) is 9.84 Å². The first-order chi connectivity index (χ1) is 18.9. The Morgan fingerprint density at radius 2 is 1.79 bits per heavy atom. The largest absolute Gasteiger partial charge is 0.457 e. The molecule has 39 heavy (non-hydrogen) atoms. The highest BCUT2D eigenvalue weighted by molar-refractivity contribution is 5.99. The molecule has 3 N–H and O–H groups in total. The summed E-state index contributed by atoms with van der Waals surface area (Å²) in [4.78, 5) is 28.7. The normalized spacial score (nSPS) is 13.2. The van der Waals surface area contributed by atoms with Crippen LogP contribution >= 0.6 is 0 Å². The number of pyridine rings is 1. The fraction of sp³-hybridized carbons (Fsp3) is 0.241. The van der Waals surface area contributed by atoms with Crippen molar-refractivity contribution in [3.63, 3.8) is 0 Å². The molecule has 2 heterocycles. The Bertz CT molecular complexity index is 1510. The van der Waals surface area contributed by atoms with Gasteiger partial charge in [0.05, 0.1) is 17.1 Å². The predicted molar refractivity (Wildman–Crippen MR) is 146 cm³/mol. The number of carbonyl (C=O) groups is 2. The van der Waals surface area contributed by atoms with Gasteiger partial charge in [-0.3, -0.25) is 15.1 Å².